The van der Waals surface area contributed by atoms with Gasteiger partial charge in [-0.1, -0.05) is 48.5 Å². The molecule has 0 fully saturated rings. The molecule has 1 aromatic heterocycles. The van der Waals surface area contributed by atoms with Gasteiger partial charge >= 0.3 is 5.97 Å². The van der Waals surface area contributed by atoms with Crippen LogP contribution in [-0.2, 0) is 27.2 Å². The highest BCUT2D eigenvalue weighted by molar-refractivity contribution is 7.98. The van der Waals surface area contributed by atoms with Crippen LogP contribution in [0.25, 0.3) is 10.9 Å². The first-order chi connectivity index (χ1) is 16.4. The Labute approximate surface area is 202 Å². The summed E-state index contributed by atoms with van der Waals surface area (Å²) in [4.78, 5) is 41.0. The maximum atomic E-state index is 13.2. The number of carboxylic acid groups (broad SMARTS) is 1. The van der Waals surface area contributed by atoms with E-state index in [1.165, 1.54) is 0 Å². The topological polar surface area (TPSA) is 137 Å². The Morgan fingerprint density at radius 2 is 1.65 bits per heavy atom. The SMILES string of the molecule is CSCC[C@H](N)C(=O)N[C@@H](Cc1c[nH]c2ccccc12)C(=O)N[C@@H](Cc1ccccc1)C(=O)O. The monoisotopic (exact) mass is 482 g/mol. The van der Waals surface area contributed by atoms with E-state index in [-0.39, 0.29) is 12.8 Å². The van der Waals surface area contributed by atoms with Gasteiger partial charge in [0.1, 0.15) is 12.1 Å². The molecule has 0 aliphatic carbocycles. The van der Waals surface area contributed by atoms with E-state index in [0.29, 0.717) is 12.2 Å². The Bertz CT molecular complexity index is 1120. The van der Waals surface area contributed by atoms with Crippen LogP contribution in [0.2, 0.25) is 0 Å². The molecule has 2 amide bonds. The zero-order valence-corrected chi connectivity index (χ0v) is 19.8. The van der Waals surface area contributed by atoms with Crippen molar-refractivity contribution in [2.75, 3.05) is 12.0 Å². The molecule has 0 spiro atoms. The number of aliphatic carboxylic acids is 1. The molecule has 1 heterocycles. The average Bonchev–Trinajstić information content (AvgIpc) is 3.25. The molecule has 180 valence electrons. The fourth-order valence-corrected chi connectivity index (χ4v) is 4.20. The van der Waals surface area contributed by atoms with Crippen LogP contribution in [0.15, 0.2) is 60.8 Å². The van der Waals surface area contributed by atoms with Crippen molar-refractivity contribution < 1.29 is 19.5 Å². The van der Waals surface area contributed by atoms with Crippen LogP contribution in [0.5, 0.6) is 0 Å². The van der Waals surface area contributed by atoms with E-state index in [9.17, 15) is 19.5 Å². The lowest BCUT2D eigenvalue weighted by Crippen LogP contribution is -2.55. The summed E-state index contributed by atoms with van der Waals surface area (Å²) in [5.74, 6) is -1.44. The Hall–Kier alpha value is -3.30. The van der Waals surface area contributed by atoms with Crippen LogP contribution in [0.1, 0.15) is 17.5 Å². The molecular formula is C25H30N4O4S. The van der Waals surface area contributed by atoms with E-state index in [1.54, 1.807) is 30.1 Å². The number of H-pyrrole nitrogens is 1. The number of fused-ring (bicyclic) bond motifs is 1. The third kappa shape index (κ3) is 6.85. The zero-order chi connectivity index (χ0) is 24.5. The van der Waals surface area contributed by atoms with Gasteiger partial charge in [0, 0.05) is 29.9 Å². The average molecular weight is 483 g/mol. The van der Waals surface area contributed by atoms with Crippen LogP contribution < -0.4 is 16.4 Å². The fraction of sp³-hybridized carbons (Fsp3) is 0.320. The zero-order valence-electron chi connectivity index (χ0n) is 19.0. The van der Waals surface area contributed by atoms with Crippen molar-refractivity contribution in [3.63, 3.8) is 0 Å². The minimum atomic E-state index is -1.15. The van der Waals surface area contributed by atoms with Gasteiger partial charge in [0.15, 0.2) is 0 Å². The number of amides is 2. The number of carbonyl (C=O) groups excluding carboxylic acids is 2. The van der Waals surface area contributed by atoms with Crippen molar-refractivity contribution in [3.05, 3.63) is 71.9 Å². The van der Waals surface area contributed by atoms with Gasteiger partial charge in [-0.3, -0.25) is 9.59 Å². The summed E-state index contributed by atoms with van der Waals surface area (Å²) >= 11 is 1.58. The summed E-state index contributed by atoms with van der Waals surface area (Å²) in [6.45, 7) is 0. The Morgan fingerprint density at radius 1 is 0.971 bits per heavy atom. The number of carbonyl (C=O) groups is 3. The van der Waals surface area contributed by atoms with E-state index in [2.05, 4.69) is 15.6 Å². The smallest absolute Gasteiger partial charge is 0.326 e. The van der Waals surface area contributed by atoms with E-state index < -0.39 is 35.9 Å². The molecule has 3 aromatic rings. The molecular weight excluding hydrogens is 452 g/mol. The van der Waals surface area contributed by atoms with Crippen molar-refractivity contribution in [2.24, 2.45) is 5.73 Å². The number of carboxylic acids is 1. The first-order valence-electron chi connectivity index (χ1n) is 11.1. The third-order valence-corrected chi connectivity index (χ3v) is 6.24. The predicted molar refractivity (Wildman–Crippen MR) is 135 cm³/mol. The lowest BCUT2D eigenvalue weighted by atomic mass is 10.0. The van der Waals surface area contributed by atoms with Crippen molar-refractivity contribution in [1.29, 1.82) is 0 Å². The lowest BCUT2D eigenvalue weighted by molar-refractivity contribution is -0.142. The molecule has 6 N–H and O–H groups in total. The summed E-state index contributed by atoms with van der Waals surface area (Å²) in [7, 11) is 0. The summed E-state index contributed by atoms with van der Waals surface area (Å²) in [6, 6.07) is 13.8. The Kier molecular flexibility index (Phi) is 9.12. The van der Waals surface area contributed by atoms with Crippen LogP contribution in [-0.4, -0.2) is 58.0 Å². The van der Waals surface area contributed by atoms with Gasteiger partial charge < -0.3 is 26.5 Å². The second-order valence-corrected chi connectivity index (χ2v) is 9.09. The third-order valence-electron chi connectivity index (χ3n) is 5.60. The van der Waals surface area contributed by atoms with Gasteiger partial charge in [-0.25, -0.2) is 4.79 Å². The quantitative estimate of drug-likeness (QED) is 0.268. The summed E-state index contributed by atoms with van der Waals surface area (Å²) in [5, 5.41) is 16.0. The molecule has 0 unspecified atom stereocenters. The number of para-hydroxylation sites is 1. The minimum Gasteiger partial charge on any atom is -0.480 e. The normalized spacial score (nSPS) is 13.7. The molecule has 0 aliphatic heterocycles. The number of rotatable bonds is 12. The molecule has 0 saturated carbocycles. The van der Waals surface area contributed by atoms with Gasteiger partial charge in [0.2, 0.25) is 11.8 Å². The maximum absolute atomic E-state index is 13.2. The number of aromatic nitrogens is 1. The number of nitrogens with two attached hydrogens (primary N) is 1. The van der Waals surface area contributed by atoms with E-state index in [4.69, 9.17) is 5.73 Å². The number of hydrogen-bond acceptors (Lipinski definition) is 5. The minimum absolute atomic E-state index is 0.128. The first-order valence-corrected chi connectivity index (χ1v) is 12.5. The fourth-order valence-electron chi connectivity index (χ4n) is 3.71. The van der Waals surface area contributed by atoms with Crippen molar-refractivity contribution in [1.82, 2.24) is 15.6 Å². The molecule has 0 radical (unpaired) electrons. The van der Waals surface area contributed by atoms with E-state index in [1.807, 2.05) is 48.7 Å². The van der Waals surface area contributed by atoms with Gasteiger partial charge in [0.25, 0.3) is 0 Å². The van der Waals surface area contributed by atoms with Crippen LogP contribution in [0, 0.1) is 0 Å². The molecule has 2 aromatic carbocycles. The second kappa shape index (κ2) is 12.2. The first kappa shape index (κ1) is 25.3. The second-order valence-electron chi connectivity index (χ2n) is 8.10. The summed E-state index contributed by atoms with van der Waals surface area (Å²) in [6.07, 6.45) is 4.51. The summed E-state index contributed by atoms with van der Waals surface area (Å²) in [5.41, 5.74) is 8.54. The highest BCUT2D eigenvalue weighted by Crippen LogP contribution is 2.19. The van der Waals surface area contributed by atoms with E-state index >= 15 is 0 Å². The van der Waals surface area contributed by atoms with Gasteiger partial charge in [-0.15, -0.1) is 0 Å². The van der Waals surface area contributed by atoms with Crippen molar-refractivity contribution in [2.45, 2.75) is 37.4 Å². The highest BCUT2D eigenvalue weighted by atomic mass is 32.2. The molecule has 8 nitrogen and oxygen atoms in total. The van der Waals surface area contributed by atoms with Gasteiger partial charge in [-0.2, -0.15) is 11.8 Å². The van der Waals surface area contributed by atoms with Gasteiger partial charge in [0.05, 0.1) is 6.04 Å². The molecule has 3 rings (SSSR count). The largest absolute Gasteiger partial charge is 0.480 e. The molecule has 0 bridgehead atoms. The number of aromatic amines is 1. The Morgan fingerprint density at radius 3 is 2.35 bits per heavy atom. The molecule has 0 aliphatic rings. The molecule has 34 heavy (non-hydrogen) atoms. The Balaban J connectivity index is 1.79. The standard InChI is InChI=1S/C25H30N4O4S/c1-34-12-11-19(26)23(30)28-21(14-17-15-27-20-10-6-5-9-18(17)20)24(31)29-22(25(32)33)13-16-7-3-2-4-8-16/h2-10,15,19,21-22,27H,11-14,26H2,1H3,(H,28,30)(H,29,31)(H,32,33)/t19-,21-,22-/m0/s1. The number of hydrogen-bond donors (Lipinski definition) is 5. The molecule has 3 atom stereocenters. The maximum Gasteiger partial charge on any atom is 0.326 e. The number of benzene rings is 2. The van der Waals surface area contributed by atoms with Crippen LogP contribution in [0.4, 0.5) is 0 Å². The van der Waals surface area contributed by atoms with Crippen LogP contribution in [0.3, 0.4) is 0 Å². The van der Waals surface area contributed by atoms with Crippen LogP contribution >= 0.6 is 11.8 Å². The summed E-state index contributed by atoms with van der Waals surface area (Å²) < 4.78 is 0. The highest BCUT2D eigenvalue weighted by Gasteiger charge is 2.29. The predicted octanol–water partition coefficient (Wildman–Crippen LogP) is 2.09. The number of nitrogens with one attached hydrogen (secondary N) is 3. The van der Waals surface area contributed by atoms with E-state index in [0.717, 1.165) is 22.0 Å². The number of thioether (sulfide) groups is 1. The lowest BCUT2D eigenvalue weighted by Gasteiger charge is -2.23. The van der Waals surface area contributed by atoms with Crippen molar-refractivity contribution >= 4 is 40.4 Å². The molecule has 9 heteroatoms. The molecule has 0 saturated heterocycles. The van der Waals surface area contributed by atoms with Crippen molar-refractivity contribution in [3.8, 4) is 0 Å². The van der Waals surface area contributed by atoms with Gasteiger partial charge in [-0.05, 0) is 35.6 Å².